The third-order valence-electron chi connectivity index (χ3n) is 7.65. The summed E-state index contributed by atoms with van der Waals surface area (Å²) in [5.74, 6) is -1.37. The molecule has 0 aliphatic rings. The molecule has 16 heteroatoms. The van der Waals surface area contributed by atoms with Crippen molar-refractivity contribution < 1.29 is 37.7 Å². The molecule has 53 heavy (non-hydrogen) atoms. The van der Waals surface area contributed by atoms with Crippen molar-refractivity contribution >= 4 is 23.4 Å². The number of aromatic nitrogens is 5. The fourth-order valence-electron chi connectivity index (χ4n) is 5.00. The van der Waals surface area contributed by atoms with Gasteiger partial charge >= 0.3 is 12.0 Å². The second-order valence-corrected chi connectivity index (χ2v) is 12.0. The van der Waals surface area contributed by atoms with Gasteiger partial charge in [-0.05, 0) is 69.3 Å². The van der Waals surface area contributed by atoms with Crippen LogP contribution in [0.4, 0.5) is 10.1 Å². The van der Waals surface area contributed by atoms with Gasteiger partial charge in [0.2, 0.25) is 6.79 Å². The van der Waals surface area contributed by atoms with Gasteiger partial charge < -0.3 is 34.7 Å². The zero-order valence-electron chi connectivity index (χ0n) is 29.8. The number of carbonyl (C=O) groups excluding carboxylic acids is 2. The van der Waals surface area contributed by atoms with Crippen LogP contribution in [-0.2, 0) is 14.3 Å². The number of halogens is 1. The van der Waals surface area contributed by atoms with Crippen molar-refractivity contribution in [1.82, 2.24) is 24.7 Å². The first-order valence-corrected chi connectivity index (χ1v) is 16.4. The second-order valence-electron chi connectivity index (χ2n) is 12.0. The van der Waals surface area contributed by atoms with E-state index in [-0.39, 0.29) is 48.1 Å². The monoisotopic (exact) mass is 726 g/mol. The van der Waals surface area contributed by atoms with Crippen LogP contribution in [0.1, 0.15) is 54.1 Å². The maximum atomic E-state index is 16.3. The molecule has 276 valence electrons. The van der Waals surface area contributed by atoms with Crippen molar-refractivity contribution in [1.29, 1.82) is 0 Å². The van der Waals surface area contributed by atoms with Gasteiger partial charge in [0.25, 0.3) is 11.9 Å². The molecule has 2 heterocycles. The smallest absolute Gasteiger partial charge is 0.325 e. The summed E-state index contributed by atoms with van der Waals surface area (Å²) in [4.78, 5) is 42.5. The summed E-state index contributed by atoms with van der Waals surface area (Å²) in [5, 5.41) is 7.89. The molecule has 0 saturated heterocycles. The average Bonchev–Trinajstić information content (AvgIpc) is 3.59. The number of nitrogens with one attached hydrogen (secondary N) is 1. The lowest BCUT2D eigenvalue weighted by Gasteiger charge is -2.21. The topological polar surface area (TPSA) is 187 Å². The molecule has 0 aliphatic carbocycles. The summed E-state index contributed by atoms with van der Waals surface area (Å²) in [6, 6.07) is 18.5. The van der Waals surface area contributed by atoms with Gasteiger partial charge in [-0.1, -0.05) is 18.2 Å². The highest BCUT2D eigenvalue weighted by molar-refractivity contribution is 6.08. The van der Waals surface area contributed by atoms with Gasteiger partial charge in [-0.25, -0.2) is 14.4 Å². The van der Waals surface area contributed by atoms with E-state index < -0.39 is 35.9 Å². The number of hydrogen-bond donors (Lipinski definition) is 2. The predicted octanol–water partition coefficient (Wildman–Crippen LogP) is 4.90. The van der Waals surface area contributed by atoms with Crippen LogP contribution in [0.15, 0.2) is 90.2 Å². The first kappa shape index (κ1) is 37.8. The van der Waals surface area contributed by atoms with E-state index in [9.17, 15) is 9.59 Å². The van der Waals surface area contributed by atoms with E-state index in [0.29, 0.717) is 22.6 Å². The molecule has 1 amide bonds. The van der Waals surface area contributed by atoms with Crippen molar-refractivity contribution in [2.75, 3.05) is 39.5 Å². The minimum absolute atomic E-state index is 0.0125. The van der Waals surface area contributed by atoms with E-state index in [0.717, 1.165) is 0 Å². The highest BCUT2D eigenvalue weighted by Gasteiger charge is 2.31. The number of amides is 1. The maximum Gasteiger partial charge on any atom is 0.325 e. The molecule has 0 unspecified atom stereocenters. The number of carbonyl (C=O) groups is 2. The Kier molecular flexibility index (Phi) is 12.3. The van der Waals surface area contributed by atoms with Gasteiger partial charge in [-0.15, -0.1) is 9.78 Å². The van der Waals surface area contributed by atoms with E-state index in [4.69, 9.17) is 29.4 Å². The Bertz CT molecular complexity index is 2040. The number of nitrogens with two attached hydrogens (primary N) is 1. The molecule has 3 aromatic carbocycles. The van der Waals surface area contributed by atoms with Crippen LogP contribution in [0.5, 0.6) is 17.5 Å². The van der Waals surface area contributed by atoms with Gasteiger partial charge in [-0.3, -0.25) is 9.59 Å². The third kappa shape index (κ3) is 9.28. The van der Waals surface area contributed by atoms with Crippen LogP contribution < -0.4 is 25.3 Å². The van der Waals surface area contributed by atoms with Crippen LogP contribution in [0.3, 0.4) is 0 Å². The fraction of sp³-hybridized carbons (Fsp3) is 0.270. The van der Waals surface area contributed by atoms with E-state index >= 15 is 4.39 Å². The molecule has 0 aliphatic heterocycles. The number of hydrogen-bond acceptors (Lipinski definition) is 12. The van der Waals surface area contributed by atoms with Crippen molar-refractivity contribution in [2.24, 2.45) is 16.1 Å². The molecular weight excluding hydrogens is 687 g/mol. The van der Waals surface area contributed by atoms with Crippen molar-refractivity contribution in [3.05, 3.63) is 114 Å². The number of ether oxygens (including phenoxy) is 5. The number of methoxy groups -OCH3 is 2. The molecule has 3 N–H and O–H groups in total. The summed E-state index contributed by atoms with van der Waals surface area (Å²) < 4.78 is 44.8. The normalized spacial score (nSPS) is 12.2. The highest BCUT2D eigenvalue weighted by Crippen LogP contribution is 2.36. The molecule has 0 bridgehead atoms. The molecule has 0 spiro atoms. The Hall–Kier alpha value is -6.42. The van der Waals surface area contributed by atoms with Gasteiger partial charge in [-0.2, -0.15) is 9.98 Å². The lowest BCUT2D eigenvalue weighted by molar-refractivity contribution is -0.163. The Morgan fingerprint density at radius 3 is 2.36 bits per heavy atom. The summed E-state index contributed by atoms with van der Waals surface area (Å²) >= 11 is 0. The molecular formula is C37H39FN8O7. The Morgan fingerprint density at radius 1 is 0.981 bits per heavy atom. The summed E-state index contributed by atoms with van der Waals surface area (Å²) in [6.07, 6.45) is 2.99. The predicted molar refractivity (Wildman–Crippen MR) is 192 cm³/mol. The number of anilines is 1. The van der Waals surface area contributed by atoms with E-state index in [1.165, 1.54) is 43.4 Å². The summed E-state index contributed by atoms with van der Waals surface area (Å²) in [7, 11) is 2.93. The van der Waals surface area contributed by atoms with Crippen LogP contribution in [0.2, 0.25) is 0 Å². The minimum atomic E-state index is -1.10. The van der Waals surface area contributed by atoms with Crippen LogP contribution in [0.25, 0.3) is 5.95 Å². The van der Waals surface area contributed by atoms with Gasteiger partial charge in [0.1, 0.15) is 17.6 Å². The molecule has 0 fully saturated rings. The van der Waals surface area contributed by atoms with Crippen molar-refractivity contribution in [3.63, 3.8) is 0 Å². The largest absolute Gasteiger partial charge is 0.497 e. The van der Waals surface area contributed by atoms with E-state index in [1.807, 2.05) is 0 Å². The molecule has 5 rings (SSSR count). The average molecular weight is 727 g/mol. The zero-order chi connectivity index (χ0) is 38.0. The standard InChI is InChI=1S/C37H39FN8O7/c1-6-51-28-20-26(50-5)19-27(29(28)38)30(42-25-15-13-23(14-16-25)31(39)43-33(47)24-11-8-7-9-12-24)32-44-36(46(45-32)35-40-17-10-18-41-35)53-22-52-34(48)37(2,3)21-49-4/h7-20,30,42H,6,21-22H2,1-5H3,(H2,39,43,47)/t30-/m1/s1. The Labute approximate surface area is 305 Å². The first-order valence-electron chi connectivity index (χ1n) is 16.4. The number of esters is 1. The lowest BCUT2D eigenvalue weighted by atomic mass is 9.95. The molecule has 5 aromatic rings. The number of nitrogens with zero attached hydrogens (tertiary/aromatic N) is 6. The van der Waals surface area contributed by atoms with Gasteiger partial charge in [0, 0.05) is 47.9 Å². The van der Waals surface area contributed by atoms with Gasteiger partial charge in [0.05, 0.1) is 25.7 Å². The number of amidine groups is 1. The molecule has 2 aromatic heterocycles. The van der Waals surface area contributed by atoms with Crippen molar-refractivity contribution in [2.45, 2.75) is 26.8 Å². The molecule has 15 nitrogen and oxygen atoms in total. The summed E-state index contributed by atoms with van der Waals surface area (Å²) in [5.41, 5.74) is 6.67. The second kappa shape index (κ2) is 17.2. The summed E-state index contributed by atoms with van der Waals surface area (Å²) in [6.45, 7) is 4.85. The van der Waals surface area contributed by atoms with Crippen LogP contribution in [-0.4, -0.2) is 76.7 Å². The van der Waals surface area contributed by atoms with Crippen LogP contribution >= 0.6 is 0 Å². The number of aliphatic imine (C=N–C) groups is 1. The highest BCUT2D eigenvalue weighted by atomic mass is 19.1. The SMILES string of the molecule is CCOc1cc(OC)cc([C@@H](Nc2ccc(C(N)=NC(=O)c3ccccc3)cc2)c2nc(OCOC(=O)C(C)(C)COC)n(-c3ncccn3)n2)c1F. The molecule has 0 radical (unpaired) electrons. The Balaban J connectivity index is 1.53. The third-order valence-corrected chi connectivity index (χ3v) is 7.65. The van der Waals surface area contributed by atoms with Crippen molar-refractivity contribution in [3.8, 4) is 23.5 Å². The van der Waals surface area contributed by atoms with E-state index in [2.05, 4.69) is 30.4 Å². The fourth-order valence-corrected chi connectivity index (χ4v) is 5.00. The minimum Gasteiger partial charge on any atom is -0.497 e. The zero-order valence-corrected chi connectivity index (χ0v) is 29.8. The first-order chi connectivity index (χ1) is 25.5. The van der Waals surface area contributed by atoms with E-state index in [1.54, 1.807) is 81.4 Å². The lowest BCUT2D eigenvalue weighted by Crippen LogP contribution is -2.32. The Morgan fingerprint density at radius 2 is 1.70 bits per heavy atom. The quantitative estimate of drug-likeness (QED) is 0.0606. The number of benzene rings is 3. The maximum absolute atomic E-state index is 16.3. The number of rotatable bonds is 16. The molecule has 1 atom stereocenters. The van der Waals surface area contributed by atoms with Crippen LogP contribution in [0, 0.1) is 11.2 Å². The van der Waals surface area contributed by atoms with Gasteiger partial charge in [0.15, 0.2) is 17.4 Å². The molecule has 0 saturated carbocycles.